The van der Waals surface area contributed by atoms with Crippen LogP contribution in [0, 0.1) is 6.92 Å². The lowest BCUT2D eigenvalue weighted by Crippen LogP contribution is -1.81. The molecule has 0 atom stereocenters. The lowest BCUT2D eigenvalue weighted by Gasteiger charge is -1.98. The highest BCUT2D eigenvalue weighted by Crippen LogP contribution is 2.10. The van der Waals surface area contributed by atoms with Gasteiger partial charge in [-0.2, -0.15) is 0 Å². The fraction of sp³-hybridized carbons (Fsp3) is 0.182. The third kappa shape index (κ3) is 2.06. The van der Waals surface area contributed by atoms with E-state index in [0.717, 1.165) is 17.4 Å². The molecule has 1 rings (SSSR count). The highest BCUT2D eigenvalue weighted by molar-refractivity contribution is 5.81. The van der Waals surface area contributed by atoms with Crippen molar-refractivity contribution < 1.29 is 4.79 Å². The second-order valence-corrected chi connectivity index (χ2v) is 2.86. The standard InChI is InChI=1S/C11H12O/c1-9(8-12)7-11-6-4-3-5-10(11)2/h3-8H,1-2H3. The molecule has 0 aliphatic carbocycles. The van der Waals surface area contributed by atoms with Gasteiger partial charge in [0.05, 0.1) is 0 Å². The Kier molecular flexibility index (Phi) is 2.81. The molecule has 0 saturated carbocycles. The fourth-order valence-corrected chi connectivity index (χ4v) is 1.03. The number of hydrogen-bond donors (Lipinski definition) is 0. The second kappa shape index (κ2) is 3.86. The molecule has 0 heterocycles. The first kappa shape index (κ1) is 8.72. The Bertz CT molecular complexity index is 311. The van der Waals surface area contributed by atoms with E-state index in [0.29, 0.717) is 0 Å². The van der Waals surface area contributed by atoms with Gasteiger partial charge in [0.2, 0.25) is 0 Å². The van der Waals surface area contributed by atoms with Gasteiger partial charge in [0.15, 0.2) is 0 Å². The van der Waals surface area contributed by atoms with Gasteiger partial charge >= 0.3 is 0 Å². The molecule has 0 bridgehead atoms. The molecule has 0 spiro atoms. The molecule has 1 nitrogen and oxygen atoms in total. The quantitative estimate of drug-likeness (QED) is 0.480. The van der Waals surface area contributed by atoms with Crippen LogP contribution in [0.25, 0.3) is 6.08 Å². The van der Waals surface area contributed by atoms with Gasteiger partial charge < -0.3 is 0 Å². The van der Waals surface area contributed by atoms with Gasteiger partial charge in [-0.15, -0.1) is 0 Å². The molecular formula is C11H12O. The first-order chi connectivity index (χ1) is 5.74. The van der Waals surface area contributed by atoms with Crippen LogP contribution in [0.1, 0.15) is 18.1 Å². The maximum atomic E-state index is 10.4. The summed E-state index contributed by atoms with van der Waals surface area (Å²) in [6.07, 6.45) is 2.76. The molecule has 1 aromatic rings. The maximum absolute atomic E-state index is 10.4. The Morgan fingerprint density at radius 1 is 1.33 bits per heavy atom. The molecule has 12 heavy (non-hydrogen) atoms. The normalized spacial score (nSPS) is 11.3. The number of rotatable bonds is 2. The molecule has 0 N–H and O–H groups in total. The number of aldehydes is 1. The highest BCUT2D eigenvalue weighted by atomic mass is 16.1. The lowest BCUT2D eigenvalue weighted by molar-refractivity contribution is -0.104. The molecule has 0 saturated heterocycles. The predicted octanol–water partition coefficient (Wildman–Crippen LogP) is 2.60. The number of benzene rings is 1. The zero-order valence-corrected chi connectivity index (χ0v) is 7.37. The van der Waals surface area contributed by atoms with Crippen molar-refractivity contribution in [3.05, 3.63) is 41.0 Å². The minimum atomic E-state index is 0.754. The first-order valence-corrected chi connectivity index (χ1v) is 3.93. The summed E-state index contributed by atoms with van der Waals surface area (Å²) in [5.41, 5.74) is 3.06. The van der Waals surface area contributed by atoms with Crippen LogP contribution in [-0.2, 0) is 4.79 Å². The number of hydrogen-bond acceptors (Lipinski definition) is 1. The molecular weight excluding hydrogens is 148 g/mol. The van der Waals surface area contributed by atoms with E-state index in [1.165, 1.54) is 5.56 Å². The van der Waals surface area contributed by atoms with E-state index in [2.05, 4.69) is 0 Å². The minimum Gasteiger partial charge on any atom is -0.298 e. The van der Waals surface area contributed by atoms with Crippen LogP contribution in [0.2, 0.25) is 0 Å². The summed E-state index contributed by atoms with van der Waals surface area (Å²) in [6.45, 7) is 3.84. The van der Waals surface area contributed by atoms with Crippen LogP contribution in [-0.4, -0.2) is 6.29 Å². The predicted molar refractivity (Wildman–Crippen MR) is 50.9 cm³/mol. The van der Waals surface area contributed by atoms with Crippen molar-refractivity contribution in [2.75, 3.05) is 0 Å². The Hall–Kier alpha value is -1.37. The Balaban J connectivity index is 3.04. The Morgan fingerprint density at radius 3 is 2.58 bits per heavy atom. The van der Waals surface area contributed by atoms with Crippen molar-refractivity contribution in [2.24, 2.45) is 0 Å². The zero-order valence-electron chi connectivity index (χ0n) is 7.37. The smallest absolute Gasteiger partial charge is 0.145 e. The van der Waals surface area contributed by atoms with E-state index in [1.54, 1.807) is 6.92 Å². The summed E-state index contributed by atoms with van der Waals surface area (Å²) in [5, 5.41) is 0. The van der Waals surface area contributed by atoms with Gasteiger partial charge in [-0.05, 0) is 36.6 Å². The molecule has 0 amide bonds. The molecule has 1 aromatic carbocycles. The molecule has 0 aromatic heterocycles. The highest BCUT2D eigenvalue weighted by Gasteiger charge is 1.92. The molecule has 0 radical (unpaired) electrons. The summed E-state index contributed by atoms with van der Waals surface area (Å²) in [5.74, 6) is 0. The molecule has 0 aliphatic rings. The van der Waals surface area contributed by atoms with Gasteiger partial charge in [0.25, 0.3) is 0 Å². The summed E-state index contributed by atoms with van der Waals surface area (Å²) in [7, 11) is 0. The molecule has 62 valence electrons. The van der Waals surface area contributed by atoms with Crippen LogP contribution in [0.3, 0.4) is 0 Å². The Labute approximate surface area is 72.7 Å². The van der Waals surface area contributed by atoms with Crippen LogP contribution in [0.5, 0.6) is 0 Å². The van der Waals surface area contributed by atoms with Crippen LogP contribution < -0.4 is 0 Å². The lowest BCUT2D eigenvalue weighted by atomic mass is 10.1. The topological polar surface area (TPSA) is 17.1 Å². The van der Waals surface area contributed by atoms with Gasteiger partial charge in [-0.3, -0.25) is 4.79 Å². The van der Waals surface area contributed by atoms with E-state index >= 15 is 0 Å². The van der Waals surface area contributed by atoms with Crippen molar-refractivity contribution in [1.82, 2.24) is 0 Å². The van der Waals surface area contributed by atoms with Gasteiger partial charge in [-0.25, -0.2) is 0 Å². The van der Waals surface area contributed by atoms with E-state index < -0.39 is 0 Å². The summed E-state index contributed by atoms with van der Waals surface area (Å²) >= 11 is 0. The Morgan fingerprint density at radius 2 is 2.00 bits per heavy atom. The van der Waals surface area contributed by atoms with Crippen molar-refractivity contribution in [3.63, 3.8) is 0 Å². The van der Waals surface area contributed by atoms with Crippen LogP contribution in [0.15, 0.2) is 29.8 Å². The molecule has 1 heteroatoms. The summed E-state index contributed by atoms with van der Waals surface area (Å²) < 4.78 is 0. The van der Waals surface area contributed by atoms with Crippen LogP contribution in [0.4, 0.5) is 0 Å². The average Bonchev–Trinajstić information content (AvgIpc) is 2.09. The van der Waals surface area contributed by atoms with Crippen molar-refractivity contribution in [3.8, 4) is 0 Å². The van der Waals surface area contributed by atoms with Gasteiger partial charge in [0, 0.05) is 0 Å². The molecule has 0 fully saturated rings. The van der Waals surface area contributed by atoms with Crippen LogP contribution >= 0.6 is 0 Å². The minimum absolute atomic E-state index is 0.754. The van der Waals surface area contributed by atoms with E-state index in [4.69, 9.17) is 0 Å². The van der Waals surface area contributed by atoms with Crippen molar-refractivity contribution >= 4 is 12.4 Å². The first-order valence-electron chi connectivity index (χ1n) is 3.93. The monoisotopic (exact) mass is 160 g/mol. The second-order valence-electron chi connectivity index (χ2n) is 2.86. The maximum Gasteiger partial charge on any atom is 0.145 e. The largest absolute Gasteiger partial charge is 0.298 e. The molecule has 0 unspecified atom stereocenters. The third-order valence-electron chi connectivity index (χ3n) is 1.76. The fourth-order valence-electron chi connectivity index (χ4n) is 1.03. The van der Waals surface area contributed by atoms with E-state index in [-0.39, 0.29) is 0 Å². The number of carbonyl (C=O) groups excluding carboxylic acids is 1. The average molecular weight is 160 g/mol. The SMILES string of the molecule is CC(C=O)=Cc1ccccc1C. The summed E-state index contributed by atoms with van der Waals surface area (Å²) in [4.78, 5) is 10.4. The number of carbonyl (C=O) groups is 1. The van der Waals surface area contributed by atoms with Crippen molar-refractivity contribution in [1.29, 1.82) is 0 Å². The van der Waals surface area contributed by atoms with Gasteiger partial charge in [-0.1, -0.05) is 24.3 Å². The third-order valence-corrected chi connectivity index (χ3v) is 1.76. The van der Waals surface area contributed by atoms with Gasteiger partial charge in [0.1, 0.15) is 6.29 Å². The number of aryl methyl sites for hydroxylation is 1. The number of allylic oxidation sites excluding steroid dienone is 1. The molecule has 0 aliphatic heterocycles. The van der Waals surface area contributed by atoms with E-state index in [9.17, 15) is 4.79 Å². The summed E-state index contributed by atoms with van der Waals surface area (Å²) in [6, 6.07) is 7.99. The van der Waals surface area contributed by atoms with Crippen molar-refractivity contribution in [2.45, 2.75) is 13.8 Å². The zero-order chi connectivity index (χ0) is 8.97. The van der Waals surface area contributed by atoms with E-state index in [1.807, 2.05) is 37.3 Å².